The third-order valence-corrected chi connectivity index (χ3v) is 4.12. The Morgan fingerprint density at radius 1 is 1.00 bits per heavy atom. The molecule has 0 atom stereocenters. The summed E-state index contributed by atoms with van der Waals surface area (Å²) in [6.07, 6.45) is 2.87. The number of aromatic hydroxyl groups is 1. The van der Waals surface area contributed by atoms with Crippen molar-refractivity contribution >= 4 is 17.5 Å². The van der Waals surface area contributed by atoms with Crippen LogP contribution in [0.25, 0.3) is 0 Å². The van der Waals surface area contributed by atoms with E-state index in [1.54, 1.807) is 31.5 Å². The van der Waals surface area contributed by atoms with Crippen LogP contribution in [-0.2, 0) is 6.61 Å². The Morgan fingerprint density at radius 3 is 2.43 bits per heavy atom. The smallest absolute Gasteiger partial charge is 0.269 e. The maximum Gasteiger partial charge on any atom is 0.269 e. The third kappa shape index (κ3) is 5.02. The molecule has 154 valence electrons. The van der Waals surface area contributed by atoms with Crippen molar-refractivity contribution in [2.45, 2.75) is 6.61 Å². The zero-order valence-electron chi connectivity index (χ0n) is 16.4. The number of amides is 2. The number of rotatable bonds is 7. The minimum Gasteiger partial charge on any atom is -0.506 e. The molecule has 0 fully saturated rings. The number of ether oxygens (including phenoxy) is 2. The van der Waals surface area contributed by atoms with E-state index in [9.17, 15) is 14.7 Å². The molecule has 3 N–H and O–H groups in total. The first kappa shape index (κ1) is 20.6. The summed E-state index contributed by atoms with van der Waals surface area (Å²) in [4.78, 5) is 32.1. The summed E-state index contributed by atoms with van der Waals surface area (Å²) in [5.74, 6) is 0.124. The van der Waals surface area contributed by atoms with Crippen molar-refractivity contribution in [1.29, 1.82) is 0 Å². The minimum atomic E-state index is -0.491. The summed E-state index contributed by atoms with van der Waals surface area (Å²) < 4.78 is 10.7. The highest BCUT2D eigenvalue weighted by molar-refractivity contribution is 6.05. The van der Waals surface area contributed by atoms with Crippen LogP contribution in [0.1, 0.15) is 26.5 Å². The molecular formula is C21H20N4O5. The van der Waals surface area contributed by atoms with E-state index in [-0.39, 0.29) is 35.2 Å². The first-order valence-electron chi connectivity index (χ1n) is 8.94. The molecule has 9 heteroatoms. The number of benzene rings is 1. The number of phenols is 1. The highest BCUT2D eigenvalue weighted by atomic mass is 16.5. The molecule has 0 aliphatic heterocycles. The van der Waals surface area contributed by atoms with E-state index >= 15 is 0 Å². The highest BCUT2D eigenvalue weighted by Crippen LogP contribution is 2.29. The molecule has 0 bridgehead atoms. The third-order valence-electron chi connectivity index (χ3n) is 4.12. The zero-order valence-corrected chi connectivity index (χ0v) is 16.4. The lowest BCUT2D eigenvalue weighted by Crippen LogP contribution is -2.20. The molecule has 0 unspecified atom stereocenters. The van der Waals surface area contributed by atoms with Gasteiger partial charge in [0.1, 0.15) is 29.5 Å². The van der Waals surface area contributed by atoms with Gasteiger partial charge in [0.05, 0.1) is 30.3 Å². The van der Waals surface area contributed by atoms with Crippen LogP contribution in [0.3, 0.4) is 0 Å². The number of phenolic OH excluding ortho intramolecular Hbond substituents is 1. The van der Waals surface area contributed by atoms with Gasteiger partial charge in [0.2, 0.25) is 0 Å². The Morgan fingerprint density at radius 2 is 1.80 bits per heavy atom. The number of anilines is 1. The van der Waals surface area contributed by atoms with E-state index in [4.69, 9.17) is 9.47 Å². The highest BCUT2D eigenvalue weighted by Gasteiger charge is 2.12. The molecular weight excluding hydrogens is 388 g/mol. The molecule has 1 aromatic carbocycles. The standard InChI is InChI=1S/C21H20N4O5/c1-22-21(28)17-7-3-13(10-24-17)20(27)25-18-9-15(6-8-19(18)26)30-12-14-4-5-16(29-2)11-23-14/h3-11,26H,12H2,1-2H3,(H,22,28)(H,25,27). The van der Waals surface area contributed by atoms with E-state index < -0.39 is 5.91 Å². The van der Waals surface area contributed by atoms with E-state index in [0.29, 0.717) is 17.2 Å². The molecule has 2 amide bonds. The van der Waals surface area contributed by atoms with Crippen molar-refractivity contribution in [3.05, 3.63) is 71.8 Å². The molecule has 2 aromatic heterocycles. The first-order valence-corrected chi connectivity index (χ1v) is 8.94. The Bertz CT molecular complexity index is 1040. The second kappa shape index (κ2) is 9.37. The molecule has 0 saturated carbocycles. The second-order valence-corrected chi connectivity index (χ2v) is 6.12. The van der Waals surface area contributed by atoms with Gasteiger partial charge in [-0.3, -0.25) is 19.6 Å². The van der Waals surface area contributed by atoms with E-state index in [2.05, 4.69) is 20.6 Å². The average Bonchev–Trinajstić information content (AvgIpc) is 2.79. The zero-order chi connectivity index (χ0) is 21.5. The van der Waals surface area contributed by atoms with Crippen molar-refractivity contribution in [2.24, 2.45) is 0 Å². The van der Waals surface area contributed by atoms with Gasteiger partial charge in [-0.2, -0.15) is 0 Å². The maximum absolute atomic E-state index is 12.4. The van der Waals surface area contributed by atoms with Gasteiger partial charge in [0.15, 0.2) is 0 Å². The number of carbonyl (C=O) groups is 2. The fourth-order valence-electron chi connectivity index (χ4n) is 2.46. The van der Waals surface area contributed by atoms with Crippen LogP contribution in [0.2, 0.25) is 0 Å². The minimum absolute atomic E-state index is 0.117. The van der Waals surface area contributed by atoms with E-state index in [1.165, 1.54) is 37.5 Å². The fourth-order valence-corrected chi connectivity index (χ4v) is 2.46. The topological polar surface area (TPSA) is 123 Å². The summed E-state index contributed by atoms with van der Waals surface area (Å²) >= 11 is 0. The van der Waals surface area contributed by atoms with Crippen molar-refractivity contribution in [3.63, 3.8) is 0 Å². The summed E-state index contributed by atoms with van der Waals surface area (Å²) in [7, 11) is 3.05. The van der Waals surface area contributed by atoms with Crippen LogP contribution in [0.5, 0.6) is 17.2 Å². The molecule has 9 nitrogen and oxygen atoms in total. The average molecular weight is 408 g/mol. The lowest BCUT2D eigenvalue weighted by molar-refractivity contribution is 0.0955. The van der Waals surface area contributed by atoms with Crippen molar-refractivity contribution in [3.8, 4) is 17.2 Å². The fraction of sp³-hybridized carbons (Fsp3) is 0.143. The lowest BCUT2D eigenvalue weighted by atomic mass is 10.2. The maximum atomic E-state index is 12.4. The van der Waals surface area contributed by atoms with Gasteiger partial charge in [0.25, 0.3) is 11.8 Å². The second-order valence-electron chi connectivity index (χ2n) is 6.12. The number of nitrogens with zero attached hydrogens (tertiary/aromatic N) is 2. The molecule has 3 rings (SSSR count). The molecule has 0 aliphatic rings. The summed E-state index contributed by atoms with van der Waals surface area (Å²) in [6.45, 7) is 0.201. The van der Waals surface area contributed by atoms with Crippen LogP contribution >= 0.6 is 0 Å². The SMILES string of the molecule is CNC(=O)c1ccc(C(=O)Nc2cc(OCc3ccc(OC)cn3)ccc2O)cn1. The molecule has 0 saturated heterocycles. The number of hydrogen-bond acceptors (Lipinski definition) is 7. The van der Waals surface area contributed by atoms with Crippen LogP contribution in [0.15, 0.2) is 54.9 Å². The molecule has 2 heterocycles. The number of pyridine rings is 2. The van der Waals surface area contributed by atoms with Gasteiger partial charge in [-0.1, -0.05) is 0 Å². The van der Waals surface area contributed by atoms with Crippen LogP contribution in [0.4, 0.5) is 5.69 Å². The molecule has 0 spiro atoms. The number of carbonyl (C=O) groups excluding carboxylic acids is 2. The van der Waals surface area contributed by atoms with Crippen molar-refractivity contribution in [2.75, 3.05) is 19.5 Å². The van der Waals surface area contributed by atoms with Crippen molar-refractivity contribution < 1.29 is 24.2 Å². The summed E-state index contributed by atoms with van der Waals surface area (Å²) in [5, 5.41) is 15.1. The summed E-state index contributed by atoms with van der Waals surface area (Å²) in [6, 6.07) is 11.0. The molecule has 3 aromatic rings. The molecule has 0 radical (unpaired) electrons. The van der Waals surface area contributed by atoms with Crippen LogP contribution in [0, 0.1) is 0 Å². The predicted octanol–water partition coefficient (Wildman–Crippen LogP) is 2.38. The monoisotopic (exact) mass is 408 g/mol. The Labute approximate surface area is 172 Å². The number of methoxy groups -OCH3 is 1. The van der Waals surface area contributed by atoms with E-state index in [1.807, 2.05) is 0 Å². The lowest BCUT2D eigenvalue weighted by Gasteiger charge is -2.11. The number of hydrogen-bond donors (Lipinski definition) is 3. The Hall–Kier alpha value is -4.14. The Balaban J connectivity index is 1.66. The van der Waals surface area contributed by atoms with Crippen molar-refractivity contribution in [1.82, 2.24) is 15.3 Å². The number of nitrogens with one attached hydrogen (secondary N) is 2. The molecule has 30 heavy (non-hydrogen) atoms. The summed E-state index contributed by atoms with van der Waals surface area (Å²) in [5.41, 5.74) is 1.29. The first-order chi connectivity index (χ1) is 14.5. The quantitative estimate of drug-likeness (QED) is 0.513. The Kier molecular flexibility index (Phi) is 6.43. The largest absolute Gasteiger partial charge is 0.506 e. The van der Waals surface area contributed by atoms with Crippen LogP contribution < -0.4 is 20.1 Å². The van der Waals surface area contributed by atoms with Gasteiger partial charge in [0, 0.05) is 19.3 Å². The van der Waals surface area contributed by atoms with Crippen LogP contribution in [-0.4, -0.2) is 41.0 Å². The predicted molar refractivity (Wildman–Crippen MR) is 109 cm³/mol. The van der Waals surface area contributed by atoms with E-state index in [0.717, 1.165) is 0 Å². The van der Waals surface area contributed by atoms with Gasteiger partial charge in [-0.05, 0) is 36.4 Å². The van der Waals surface area contributed by atoms with Gasteiger partial charge in [-0.15, -0.1) is 0 Å². The van der Waals surface area contributed by atoms with Gasteiger partial charge >= 0.3 is 0 Å². The number of aromatic nitrogens is 2. The normalized spacial score (nSPS) is 10.2. The van der Waals surface area contributed by atoms with Gasteiger partial charge < -0.3 is 25.2 Å². The molecule has 0 aliphatic carbocycles. The van der Waals surface area contributed by atoms with Gasteiger partial charge in [-0.25, -0.2) is 0 Å².